The molecule has 0 saturated heterocycles. The van der Waals surface area contributed by atoms with Crippen LogP contribution in [-0.2, 0) is 5.41 Å². The van der Waals surface area contributed by atoms with Gasteiger partial charge in [0, 0.05) is 11.0 Å². The molecule has 1 nitrogen and oxygen atoms in total. The first kappa shape index (κ1) is 32.5. The third-order valence-corrected chi connectivity index (χ3v) is 8.71. The Labute approximate surface area is 236 Å². The molecule has 1 heteroatoms. The van der Waals surface area contributed by atoms with Gasteiger partial charge in [-0.25, -0.2) is 0 Å². The van der Waals surface area contributed by atoms with E-state index in [-0.39, 0.29) is 5.41 Å². The maximum Gasteiger partial charge on any atom is 0.119 e. The lowest BCUT2D eigenvalue weighted by Gasteiger charge is -2.32. The zero-order chi connectivity index (χ0) is 27.5. The van der Waals surface area contributed by atoms with Crippen molar-refractivity contribution in [2.45, 2.75) is 161 Å². The lowest BCUT2D eigenvalue weighted by atomic mass is 9.72. The summed E-state index contributed by atoms with van der Waals surface area (Å²) in [5, 5.41) is 10.7. The molecule has 0 saturated carbocycles. The van der Waals surface area contributed by atoms with Crippen LogP contribution in [0.1, 0.15) is 172 Å². The highest BCUT2D eigenvalue weighted by molar-refractivity contribution is 5.48. The zero-order valence-corrected chi connectivity index (χ0v) is 25.6. The van der Waals surface area contributed by atoms with Crippen molar-refractivity contribution in [2.75, 3.05) is 0 Å². The zero-order valence-electron chi connectivity index (χ0n) is 25.6. The van der Waals surface area contributed by atoms with Gasteiger partial charge in [0.2, 0.25) is 0 Å². The van der Waals surface area contributed by atoms with Gasteiger partial charge in [-0.1, -0.05) is 179 Å². The monoisotopic (exact) mass is 520 g/mol. The molecular formula is C37H60O. The molecule has 0 spiro atoms. The average Bonchev–Trinajstić information content (AvgIpc) is 2.92. The lowest BCUT2D eigenvalue weighted by Crippen LogP contribution is -2.22. The molecular weight excluding hydrogens is 460 g/mol. The first-order chi connectivity index (χ1) is 18.5. The second-order valence-electron chi connectivity index (χ2n) is 12.3. The maximum absolute atomic E-state index is 10.7. The Morgan fingerprint density at radius 3 is 1.39 bits per heavy atom. The Hall–Kier alpha value is -1.76. The van der Waals surface area contributed by atoms with Gasteiger partial charge < -0.3 is 5.11 Å². The molecule has 1 N–H and O–H groups in total. The summed E-state index contributed by atoms with van der Waals surface area (Å²) in [5.41, 5.74) is 3.71. The maximum atomic E-state index is 10.7. The van der Waals surface area contributed by atoms with E-state index in [1.54, 1.807) is 0 Å². The number of para-hydroxylation sites is 1. The van der Waals surface area contributed by atoms with E-state index in [1.165, 1.54) is 133 Å². The molecule has 2 aromatic rings. The lowest BCUT2D eigenvalue weighted by molar-refractivity contribution is 0.448. The third kappa shape index (κ3) is 11.5. The Bertz CT molecular complexity index is 851. The van der Waals surface area contributed by atoms with Crippen LogP contribution in [0.4, 0.5) is 0 Å². The molecule has 0 radical (unpaired) electrons. The van der Waals surface area contributed by atoms with Gasteiger partial charge in [-0.3, -0.25) is 0 Å². The van der Waals surface area contributed by atoms with Crippen molar-refractivity contribution >= 4 is 0 Å². The van der Waals surface area contributed by atoms with Crippen molar-refractivity contribution in [1.29, 1.82) is 0 Å². The average molecular weight is 521 g/mol. The summed E-state index contributed by atoms with van der Waals surface area (Å²) >= 11 is 0. The standard InChI is InChI=1S/C37H60O/c1-5-7-9-11-13-15-17-19-21-27-32(26-20-18-16-14-12-10-8-6-2)33-28-22-23-29-34(33)37(3,4)35-30-24-25-31-36(35)38/h22-25,28-32,38H,5-21,26-27H2,1-4H3. The van der Waals surface area contributed by atoms with Crippen molar-refractivity contribution in [1.82, 2.24) is 0 Å². The predicted octanol–water partition coefficient (Wildman–Crippen LogP) is 12.3. The van der Waals surface area contributed by atoms with Crippen LogP contribution in [0.3, 0.4) is 0 Å². The molecule has 0 aromatic heterocycles. The van der Waals surface area contributed by atoms with E-state index in [0.29, 0.717) is 11.7 Å². The number of hydrogen-bond acceptors (Lipinski definition) is 1. The van der Waals surface area contributed by atoms with Crippen LogP contribution in [0.25, 0.3) is 0 Å². The highest BCUT2D eigenvalue weighted by Crippen LogP contribution is 2.42. The van der Waals surface area contributed by atoms with Crippen molar-refractivity contribution in [3.63, 3.8) is 0 Å². The first-order valence-corrected chi connectivity index (χ1v) is 16.4. The number of unbranched alkanes of at least 4 members (excludes halogenated alkanes) is 15. The van der Waals surface area contributed by atoms with Crippen LogP contribution in [0.15, 0.2) is 48.5 Å². The van der Waals surface area contributed by atoms with E-state index in [1.807, 2.05) is 12.1 Å². The van der Waals surface area contributed by atoms with Gasteiger partial charge in [0.15, 0.2) is 0 Å². The quantitative estimate of drug-likeness (QED) is 0.153. The summed E-state index contributed by atoms with van der Waals surface area (Å²) < 4.78 is 0. The number of aromatic hydroxyl groups is 1. The second kappa shape index (κ2) is 19.3. The Balaban J connectivity index is 2.03. The van der Waals surface area contributed by atoms with Crippen LogP contribution < -0.4 is 0 Å². The number of phenols is 1. The fourth-order valence-electron chi connectivity index (χ4n) is 6.25. The van der Waals surface area contributed by atoms with Gasteiger partial charge in [0.05, 0.1) is 0 Å². The molecule has 0 fully saturated rings. The number of rotatable bonds is 22. The van der Waals surface area contributed by atoms with E-state index in [0.717, 1.165) is 5.56 Å². The fourth-order valence-corrected chi connectivity index (χ4v) is 6.25. The van der Waals surface area contributed by atoms with E-state index >= 15 is 0 Å². The van der Waals surface area contributed by atoms with Crippen molar-refractivity contribution in [3.8, 4) is 5.75 Å². The summed E-state index contributed by atoms with van der Waals surface area (Å²) in [6.07, 6.45) is 26.1. The minimum atomic E-state index is -0.224. The van der Waals surface area contributed by atoms with Gasteiger partial charge in [0.1, 0.15) is 5.75 Å². The van der Waals surface area contributed by atoms with E-state index in [9.17, 15) is 5.11 Å². The highest BCUT2D eigenvalue weighted by atomic mass is 16.3. The summed E-state index contributed by atoms with van der Waals surface area (Å²) in [7, 11) is 0. The molecule has 0 aliphatic heterocycles. The molecule has 0 aliphatic rings. The minimum absolute atomic E-state index is 0.224. The van der Waals surface area contributed by atoms with Crippen molar-refractivity contribution in [3.05, 3.63) is 65.2 Å². The topological polar surface area (TPSA) is 20.2 Å². The molecule has 0 bridgehead atoms. The van der Waals surface area contributed by atoms with Crippen LogP contribution >= 0.6 is 0 Å². The molecule has 1 unspecified atom stereocenters. The Morgan fingerprint density at radius 2 is 0.921 bits per heavy atom. The molecule has 38 heavy (non-hydrogen) atoms. The molecule has 0 aliphatic carbocycles. The van der Waals surface area contributed by atoms with E-state index in [2.05, 4.69) is 64.1 Å². The second-order valence-corrected chi connectivity index (χ2v) is 12.3. The van der Waals surface area contributed by atoms with Crippen LogP contribution in [0, 0.1) is 0 Å². The molecule has 214 valence electrons. The Morgan fingerprint density at radius 1 is 0.526 bits per heavy atom. The van der Waals surface area contributed by atoms with Crippen molar-refractivity contribution in [2.24, 2.45) is 0 Å². The van der Waals surface area contributed by atoms with Gasteiger partial charge in [-0.15, -0.1) is 0 Å². The number of phenolic OH excluding ortho intramolecular Hbond substituents is 1. The van der Waals surface area contributed by atoms with Gasteiger partial charge in [-0.05, 0) is 36.0 Å². The van der Waals surface area contributed by atoms with Gasteiger partial charge >= 0.3 is 0 Å². The van der Waals surface area contributed by atoms with Gasteiger partial charge in [0.25, 0.3) is 0 Å². The SMILES string of the molecule is CCCCCCCCCCCC(CCCCCCCCCC)c1ccccc1C(C)(C)c1ccccc1O. The van der Waals surface area contributed by atoms with Gasteiger partial charge in [-0.2, -0.15) is 0 Å². The summed E-state index contributed by atoms with van der Waals surface area (Å²) in [6.45, 7) is 9.16. The first-order valence-electron chi connectivity index (χ1n) is 16.4. The fraction of sp³-hybridized carbons (Fsp3) is 0.676. The minimum Gasteiger partial charge on any atom is -0.508 e. The highest BCUT2D eigenvalue weighted by Gasteiger charge is 2.30. The van der Waals surface area contributed by atoms with E-state index in [4.69, 9.17) is 0 Å². The molecule has 2 aromatic carbocycles. The Kier molecular flexibility index (Phi) is 16.5. The summed E-state index contributed by atoms with van der Waals surface area (Å²) in [6, 6.07) is 17.0. The molecule has 2 rings (SSSR count). The van der Waals surface area contributed by atoms with E-state index < -0.39 is 0 Å². The summed E-state index contributed by atoms with van der Waals surface area (Å²) in [5.74, 6) is 1.02. The van der Waals surface area contributed by atoms with Crippen molar-refractivity contribution < 1.29 is 5.11 Å². The van der Waals surface area contributed by atoms with Crippen LogP contribution in [0.2, 0.25) is 0 Å². The predicted molar refractivity (Wildman–Crippen MR) is 168 cm³/mol. The molecule has 0 heterocycles. The number of benzene rings is 2. The van der Waals surface area contributed by atoms with Crippen LogP contribution in [-0.4, -0.2) is 5.11 Å². The third-order valence-electron chi connectivity index (χ3n) is 8.71. The number of hydrogen-bond donors (Lipinski definition) is 1. The smallest absolute Gasteiger partial charge is 0.119 e. The van der Waals surface area contributed by atoms with Crippen LogP contribution in [0.5, 0.6) is 5.75 Å². The normalized spacial score (nSPS) is 12.6. The largest absolute Gasteiger partial charge is 0.508 e. The molecule has 1 atom stereocenters. The summed E-state index contributed by atoms with van der Waals surface area (Å²) in [4.78, 5) is 0. The molecule has 0 amide bonds.